The van der Waals surface area contributed by atoms with Crippen LogP contribution >= 0.6 is 0 Å². The number of hydrogen-bond acceptors (Lipinski definition) is 1. The molecule has 0 aromatic carbocycles. The van der Waals surface area contributed by atoms with Crippen molar-refractivity contribution in [3.63, 3.8) is 0 Å². The molecule has 0 saturated heterocycles. The van der Waals surface area contributed by atoms with E-state index in [9.17, 15) is 4.79 Å². The average molecular weight is 281 g/mol. The van der Waals surface area contributed by atoms with E-state index < -0.39 is 5.97 Å². The summed E-state index contributed by atoms with van der Waals surface area (Å²) in [5.74, 6) is -0.665. The van der Waals surface area contributed by atoms with Crippen LogP contribution in [-0.2, 0) is 18.4 Å². The summed E-state index contributed by atoms with van der Waals surface area (Å²) in [6.07, 6.45) is 17.5. The van der Waals surface area contributed by atoms with Gasteiger partial charge >= 0.3 is 5.97 Å². The maximum Gasteiger partial charge on any atom is 0.303 e. The SMILES string of the molecule is Cn1cc[n+](CCCCCCCCCCCC(=O)O)c1. The number of rotatable bonds is 12. The van der Waals surface area contributed by atoms with Crippen LogP contribution in [0.1, 0.15) is 64.2 Å². The van der Waals surface area contributed by atoms with Gasteiger partial charge in [0.05, 0.1) is 13.6 Å². The van der Waals surface area contributed by atoms with E-state index in [2.05, 4.69) is 27.9 Å². The first-order valence-electron chi connectivity index (χ1n) is 7.91. The molecule has 0 aliphatic carbocycles. The number of aliphatic carboxylic acids is 1. The minimum absolute atomic E-state index is 0.331. The summed E-state index contributed by atoms with van der Waals surface area (Å²) in [6, 6.07) is 0. The average Bonchev–Trinajstić information content (AvgIpc) is 2.81. The normalized spacial score (nSPS) is 10.8. The van der Waals surface area contributed by atoms with E-state index in [1.54, 1.807) is 0 Å². The van der Waals surface area contributed by atoms with Crippen LogP contribution in [0.25, 0.3) is 0 Å². The van der Waals surface area contributed by atoms with E-state index in [1.807, 2.05) is 7.05 Å². The van der Waals surface area contributed by atoms with Crippen LogP contribution in [0.15, 0.2) is 18.7 Å². The van der Waals surface area contributed by atoms with E-state index in [-0.39, 0.29) is 0 Å². The van der Waals surface area contributed by atoms with Gasteiger partial charge in [-0.25, -0.2) is 9.13 Å². The fourth-order valence-electron chi connectivity index (χ4n) is 2.44. The maximum absolute atomic E-state index is 10.3. The van der Waals surface area contributed by atoms with Crippen molar-refractivity contribution in [2.24, 2.45) is 7.05 Å². The molecule has 0 saturated carbocycles. The third-order valence-electron chi connectivity index (χ3n) is 3.63. The minimum Gasteiger partial charge on any atom is -0.481 e. The molecule has 0 amide bonds. The summed E-state index contributed by atoms with van der Waals surface area (Å²) >= 11 is 0. The fourth-order valence-corrected chi connectivity index (χ4v) is 2.44. The predicted octanol–water partition coefficient (Wildman–Crippen LogP) is 3.30. The van der Waals surface area contributed by atoms with E-state index >= 15 is 0 Å². The van der Waals surface area contributed by atoms with Gasteiger partial charge in [-0.1, -0.05) is 38.5 Å². The van der Waals surface area contributed by atoms with E-state index in [0.29, 0.717) is 6.42 Å². The number of nitrogens with zero attached hydrogens (tertiary/aromatic N) is 2. The lowest BCUT2D eigenvalue weighted by Crippen LogP contribution is -2.30. The molecule has 114 valence electrons. The summed E-state index contributed by atoms with van der Waals surface area (Å²) in [5, 5.41) is 8.52. The smallest absolute Gasteiger partial charge is 0.303 e. The van der Waals surface area contributed by atoms with E-state index in [4.69, 9.17) is 5.11 Å². The second-order valence-corrected chi connectivity index (χ2v) is 5.64. The van der Waals surface area contributed by atoms with Crippen molar-refractivity contribution >= 4 is 5.97 Å². The first-order valence-corrected chi connectivity index (χ1v) is 7.91. The quantitative estimate of drug-likeness (QED) is 0.472. The molecule has 0 spiro atoms. The van der Waals surface area contributed by atoms with Gasteiger partial charge in [-0.05, 0) is 19.3 Å². The highest BCUT2D eigenvalue weighted by Crippen LogP contribution is 2.10. The monoisotopic (exact) mass is 281 g/mol. The number of unbranched alkanes of at least 4 members (excludes halogenated alkanes) is 8. The Bertz CT molecular complexity index is 374. The largest absolute Gasteiger partial charge is 0.481 e. The summed E-state index contributed by atoms with van der Waals surface area (Å²) in [5.41, 5.74) is 0. The van der Waals surface area contributed by atoms with E-state index in [1.165, 1.54) is 44.9 Å². The number of imidazole rings is 1. The van der Waals surface area contributed by atoms with Crippen LogP contribution in [0.3, 0.4) is 0 Å². The summed E-state index contributed by atoms with van der Waals surface area (Å²) in [6.45, 7) is 1.12. The summed E-state index contributed by atoms with van der Waals surface area (Å²) < 4.78 is 4.31. The third kappa shape index (κ3) is 8.73. The molecule has 0 aliphatic heterocycles. The molecule has 4 heteroatoms. The maximum atomic E-state index is 10.3. The van der Waals surface area contributed by atoms with Gasteiger partial charge < -0.3 is 5.11 Å². The Labute approximate surface area is 122 Å². The molecule has 1 rings (SSSR count). The zero-order chi connectivity index (χ0) is 14.6. The molecular formula is C16H29N2O2+. The van der Waals surface area contributed by atoms with Crippen molar-refractivity contribution in [2.75, 3.05) is 0 Å². The molecule has 1 aromatic heterocycles. The Morgan fingerprint density at radius 1 is 1.00 bits per heavy atom. The van der Waals surface area contributed by atoms with Crippen molar-refractivity contribution in [1.82, 2.24) is 4.57 Å². The second kappa shape index (κ2) is 10.5. The zero-order valence-corrected chi connectivity index (χ0v) is 12.8. The number of aromatic nitrogens is 2. The lowest BCUT2D eigenvalue weighted by atomic mass is 10.1. The molecule has 0 aliphatic rings. The highest BCUT2D eigenvalue weighted by molar-refractivity contribution is 5.66. The number of carboxylic acids is 1. The number of aryl methyl sites for hydroxylation is 2. The number of carbonyl (C=O) groups is 1. The zero-order valence-electron chi connectivity index (χ0n) is 12.8. The van der Waals surface area contributed by atoms with Crippen molar-refractivity contribution < 1.29 is 14.5 Å². The molecule has 1 aromatic rings. The van der Waals surface area contributed by atoms with Gasteiger partial charge in [0.1, 0.15) is 12.4 Å². The van der Waals surface area contributed by atoms with Crippen LogP contribution in [-0.4, -0.2) is 15.6 Å². The fraction of sp³-hybridized carbons (Fsp3) is 0.750. The molecule has 20 heavy (non-hydrogen) atoms. The molecule has 0 radical (unpaired) electrons. The molecular weight excluding hydrogens is 252 g/mol. The first kappa shape index (κ1) is 16.7. The van der Waals surface area contributed by atoms with Gasteiger partial charge in [-0.15, -0.1) is 0 Å². The van der Waals surface area contributed by atoms with Gasteiger partial charge in [0.15, 0.2) is 0 Å². The Balaban J connectivity index is 1.80. The summed E-state index contributed by atoms with van der Waals surface area (Å²) in [4.78, 5) is 10.3. The van der Waals surface area contributed by atoms with Crippen LogP contribution in [0.4, 0.5) is 0 Å². The highest BCUT2D eigenvalue weighted by Gasteiger charge is 1.99. The van der Waals surface area contributed by atoms with Crippen molar-refractivity contribution in [1.29, 1.82) is 0 Å². The molecule has 0 unspecified atom stereocenters. The van der Waals surface area contributed by atoms with Crippen LogP contribution in [0, 0.1) is 0 Å². The Morgan fingerprint density at radius 3 is 2.05 bits per heavy atom. The van der Waals surface area contributed by atoms with Crippen molar-refractivity contribution in [3.8, 4) is 0 Å². The molecule has 1 N–H and O–H groups in total. The lowest BCUT2D eigenvalue weighted by Gasteiger charge is -2.01. The lowest BCUT2D eigenvalue weighted by molar-refractivity contribution is -0.696. The van der Waals surface area contributed by atoms with Crippen molar-refractivity contribution in [3.05, 3.63) is 18.7 Å². The molecule has 0 atom stereocenters. The standard InChI is InChI=1S/C16H28N2O2/c1-17-13-14-18(15-17)12-10-8-6-4-2-3-5-7-9-11-16(19)20/h13-15H,2-12H2,1H3/p+1. The molecule has 0 fully saturated rings. The van der Waals surface area contributed by atoms with Gasteiger partial charge in [0.25, 0.3) is 0 Å². The van der Waals surface area contributed by atoms with Crippen LogP contribution < -0.4 is 4.57 Å². The van der Waals surface area contributed by atoms with Gasteiger partial charge in [-0.3, -0.25) is 4.79 Å². The number of hydrogen-bond donors (Lipinski definition) is 1. The van der Waals surface area contributed by atoms with Crippen molar-refractivity contribution in [2.45, 2.75) is 70.8 Å². The molecule has 4 nitrogen and oxygen atoms in total. The van der Waals surface area contributed by atoms with Crippen LogP contribution in [0.5, 0.6) is 0 Å². The number of carboxylic acid groups (broad SMARTS) is 1. The second-order valence-electron chi connectivity index (χ2n) is 5.64. The summed E-state index contributed by atoms with van der Waals surface area (Å²) in [7, 11) is 2.05. The van der Waals surface area contributed by atoms with E-state index in [0.717, 1.165) is 19.4 Å². The molecule has 1 heterocycles. The Kier molecular flexibility index (Phi) is 8.76. The van der Waals surface area contributed by atoms with Crippen LogP contribution in [0.2, 0.25) is 0 Å². The first-order chi connectivity index (χ1) is 9.68. The van der Waals surface area contributed by atoms with Gasteiger partial charge in [-0.2, -0.15) is 0 Å². The Hall–Kier alpha value is -1.32. The molecule has 0 bridgehead atoms. The highest BCUT2D eigenvalue weighted by atomic mass is 16.4. The topological polar surface area (TPSA) is 46.1 Å². The minimum atomic E-state index is -0.665. The predicted molar refractivity (Wildman–Crippen MR) is 79.4 cm³/mol. The van der Waals surface area contributed by atoms with Gasteiger partial charge in [0, 0.05) is 6.42 Å². The Morgan fingerprint density at radius 2 is 1.55 bits per heavy atom. The third-order valence-corrected chi connectivity index (χ3v) is 3.63. The van der Waals surface area contributed by atoms with Gasteiger partial charge in [0.2, 0.25) is 6.33 Å².